The fourth-order valence-corrected chi connectivity index (χ4v) is 5.31. The van der Waals surface area contributed by atoms with E-state index in [1.54, 1.807) is 27.4 Å². The van der Waals surface area contributed by atoms with Crippen molar-refractivity contribution in [2.45, 2.75) is 31.6 Å². The van der Waals surface area contributed by atoms with Crippen molar-refractivity contribution in [2.24, 2.45) is 5.92 Å². The maximum atomic E-state index is 13.8. The van der Waals surface area contributed by atoms with Gasteiger partial charge in [-0.25, -0.2) is 0 Å². The molecule has 0 spiro atoms. The Kier molecular flexibility index (Phi) is 7.76. The normalized spacial score (nSPS) is 21.1. The summed E-state index contributed by atoms with van der Waals surface area (Å²) in [5.74, 6) is 0.449. The number of hydrogen-bond acceptors (Lipinski definition) is 8. The largest absolute Gasteiger partial charge is 0.493 e. The molecule has 0 fully saturated rings. The Hall–Kier alpha value is -3.94. The number of carbonyl (C=O) groups is 2. The van der Waals surface area contributed by atoms with E-state index in [-0.39, 0.29) is 11.7 Å². The molecule has 4 rings (SSSR count). The number of ketones is 1. The van der Waals surface area contributed by atoms with Gasteiger partial charge in [-0.3, -0.25) is 9.59 Å². The van der Waals surface area contributed by atoms with Crippen LogP contribution in [0.25, 0.3) is 0 Å². The Bertz CT molecular complexity index is 1250. The minimum atomic E-state index is -0.770. The van der Waals surface area contributed by atoms with Gasteiger partial charge >= 0.3 is 5.97 Å². The predicted molar refractivity (Wildman–Crippen MR) is 138 cm³/mol. The van der Waals surface area contributed by atoms with Gasteiger partial charge in [0.25, 0.3) is 0 Å². The fraction of sp³-hybridized carbons (Fsp3) is 0.379. The average molecular weight is 508 g/mol. The van der Waals surface area contributed by atoms with Crippen molar-refractivity contribution in [1.82, 2.24) is 5.32 Å². The third kappa shape index (κ3) is 4.88. The fourth-order valence-electron chi connectivity index (χ4n) is 5.31. The summed E-state index contributed by atoms with van der Waals surface area (Å²) in [5, 5.41) is 3.28. The summed E-state index contributed by atoms with van der Waals surface area (Å²) in [5.41, 5.74) is 3.55. The Morgan fingerprint density at radius 1 is 0.919 bits per heavy atom. The minimum absolute atomic E-state index is 0.0345. The van der Waals surface area contributed by atoms with Gasteiger partial charge in [0.2, 0.25) is 0 Å². The highest BCUT2D eigenvalue weighted by atomic mass is 16.5. The van der Waals surface area contributed by atoms with Crippen LogP contribution in [0.3, 0.4) is 0 Å². The zero-order valence-corrected chi connectivity index (χ0v) is 21.9. The molecule has 37 heavy (non-hydrogen) atoms. The number of methoxy groups -OCH3 is 4. The molecule has 0 bridgehead atoms. The molecule has 1 N–H and O–H groups in total. The minimum Gasteiger partial charge on any atom is -0.493 e. The van der Waals surface area contributed by atoms with Crippen LogP contribution in [0.2, 0.25) is 0 Å². The number of benzene rings is 2. The van der Waals surface area contributed by atoms with Crippen molar-refractivity contribution in [3.8, 4) is 23.0 Å². The number of allylic oxidation sites excluding steroid dienone is 2. The van der Waals surface area contributed by atoms with Gasteiger partial charge < -0.3 is 29.0 Å². The number of ether oxygens (including phenoxy) is 5. The van der Waals surface area contributed by atoms with E-state index in [2.05, 4.69) is 11.9 Å². The molecule has 3 unspecified atom stereocenters. The van der Waals surface area contributed by atoms with Crippen molar-refractivity contribution >= 4 is 11.8 Å². The number of hydrogen-bond donors (Lipinski definition) is 1. The smallest absolute Gasteiger partial charge is 0.315 e. The molecule has 8 heteroatoms. The van der Waals surface area contributed by atoms with E-state index in [1.807, 2.05) is 37.3 Å². The van der Waals surface area contributed by atoms with E-state index in [4.69, 9.17) is 23.7 Å². The molecule has 8 nitrogen and oxygen atoms in total. The highest BCUT2D eigenvalue weighted by Crippen LogP contribution is 2.48. The molecule has 196 valence electrons. The van der Waals surface area contributed by atoms with Crippen LogP contribution in [0.15, 0.2) is 59.9 Å². The molecule has 0 saturated carbocycles. The number of rotatable bonds is 8. The van der Waals surface area contributed by atoms with Crippen LogP contribution in [0.4, 0.5) is 0 Å². The van der Waals surface area contributed by atoms with E-state index >= 15 is 0 Å². The second kappa shape index (κ2) is 11.0. The highest BCUT2D eigenvalue weighted by Gasteiger charge is 2.45. The Balaban J connectivity index is 1.79. The summed E-state index contributed by atoms with van der Waals surface area (Å²) in [6.45, 7) is 6.52. The molecule has 1 aliphatic heterocycles. The Morgan fingerprint density at radius 2 is 1.54 bits per heavy atom. The first-order valence-electron chi connectivity index (χ1n) is 12.2. The number of nitrogens with one attached hydrogen (secondary N) is 1. The summed E-state index contributed by atoms with van der Waals surface area (Å²) in [6.07, 6.45) is 0.870. The Morgan fingerprint density at radius 3 is 2.19 bits per heavy atom. The summed E-state index contributed by atoms with van der Waals surface area (Å²) in [4.78, 5) is 26.7. The van der Waals surface area contributed by atoms with Crippen molar-refractivity contribution < 1.29 is 33.3 Å². The first-order valence-corrected chi connectivity index (χ1v) is 12.2. The summed E-state index contributed by atoms with van der Waals surface area (Å²) < 4.78 is 27.2. The number of Topliss-reactive ketones (excluding diaryl/α,β-unsaturated/α-hetero) is 1. The van der Waals surface area contributed by atoms with Gasteiger partial charge in [0.1, 0.15) is 5.92 Å². The van der Waals surface area contributed by atoms with E-state index in [9.17, 15) is 9.59 Å². The van der Waals surface area contributed by atoms with Gasteiger partial charge in [-0.2, -0.15) is 0 Å². The molecular formula is C29H33NO7. The summed E-state index contributed by atoms with van der Waals surface area (Å²) in [6, 6.07) is 11.2. The maximum Gasteiger partial charge on any atom is 0.315 e. The van der Waals surface area contributed by atoms with Gasteiger partial charge in [0.05, 0.1) is 35.0 Å². The molecule has 0 aromatic heterocycles. The maximum absolute atomic E-state index is 13.8. The predicted octanol–water partition coefficient (Wildman–Crippen LogP) is 4.50. The molecule has 0 saturated heterocycles. The van der Waals surface area contributed by atoms with Crippen LogP contribution in [-0.4, -0.2) is 46.8 Å². The van der Waals surface area contributed by atoms with Crippen LogP contribution in [-0.2, 0) is 14.3 Å². The monoisotopic (exact) mass is 507 g/mol. The molecule has 2 aliphatic rings. The van der Waals surface area contributed by atoms with Crippen LogP contribution in [0, 0.1) is 5.92 Å². The third-order valence-corrected chi connectivity index (χ3v) is 7.02. The van der Waals surface area contributed by atoms with Crippen molar-refractivity contribution in [1.29, 1.82) is 0 Å². The van der Waals surface area contributed by atoms with Gasteiger partial charge in [0, 0.05) is 29.3 Å². The van der Waals surface area contributed by atoms with E-state index < -0.39 is 17.8 Å². The highest BCUT2D eigenvalue weighted by molar-refractivity contribution is 6.01. The van der Waals surface area contributed by atoms with Crippen LogP contribution in [0.1, 0.15) is 42.7 Å². The quantitative estimate of drug-likeness (QED) is 0.522. The van der Waals surface area contributed by atoms with Gasteiger partial charge in [-0.1, -0.05) is 18.7 Å². The average Bonchev–Trinajstić information content (AvgIpc) is 2.91. The Labute approximate surface area is 217 Å². The molecule has 2 aromatic carbocycles. The zero-order valence-electron chi connectivity index (χ0n) is 21.9. The lowest BCUT2D eigenvalue weighted by Crippen LogP contribution is -2.42. The molecule has 0 radical (unpaired) electrons. The molecule has 1 aliphatic carbocycles. The van der Waals surface area contributed by atoms with Crippen LogP contribution in [0.5, 0.6) is 23.0 Å². The second-order valence-corrected chi connectivity index (χ2v) is 9.01. The van der Waals surface area contributed by atoms with Gasteiger partial charge in [-0.15, -0.1) is 0 Å². The van der Waals surface area contributed by atoms with Crippen LogP contribution < -0.4 is 24.3 Å². The SMILES string of the molecule is C=C1NC2=C(C(=O)CC(c3ccc(OC)c(OC)c3)C2)C(c2ccc(OCC)c(OC)c2)C1C(=O)OC. The lowest BCUT2D eigenvalue weighted by Gasteiger charge is -2.40. The number of carbonyl (C=O) groups excluding carboxylic acids is 2. The van der Waals surface area contributed by atoms with Crippen molar-refractivity contribution in [3.05, 3.63) is 71.1 Å². The zero-order chi connectivity index (χ0) is 26.7. The second-order valence-electron chi connectivity index (χ2n) is 9.01. The van der Waals surface area contributed by atoms with Gasteiger partial charge in [-0.05, 0) is 54.7 Å². The van der Waals surface area contributed by atoms with E-state index in [0.717, 1.165) is 16.8 Å². The lowest BCUT2D eigenvalue weighted by molar-refractivity contribution is -0.144. The molecule has 3 atom stereocenters. The first-order chi connectivity index (χ1) is 17.9. The van der Waals surface area contributed by atoms with Gasteiger partial charge in [0.15, 0.2) is 28.8 Å². The third-order valence-electron chi connectivity index (χ3n) is 7.02. The van der Waals surface area contributed by atoms with Crippen molar-refractivity contribution in [2.75, 3.05) is 35.0 Å². The summed E-state index contributed by atoms with van der Waals surface area (Å²) >= 11 is 0. The molecule has 0 amide bonds. The standard InChI is InChI=1S/C29H33NO7/c1-7-37-23-11-9-18(15-25(23)35-5)27-26(29(32)36-6)16(2)30-20-12-19(13-21(31)28(20)27)17-8-10-22(33-3)24(14-17)34-4/h8-11,14-15,19,26-27,30H,2,7,12-13H2,1,3-6H3. The van der Waals surface area contributed by atoms with E-state index in [0.29, 0.717) is 53.7 Å². The molecular weight excluding hydrogens is 474 g/mol. The summed E-state index contributed by atoms with van der Waals surface area (Å²) in [7, 11) is 6.07. The number of esters is 1. The topological polar surface area (TPSA) is 92.3 Å². The van der Waals surface area contributed by atoms with Crippen LogP contribution >= 0.6 is 0 Å². The lowest BCUT2D eigenvalue weighted by atomic mass is 9.69. The molecule has 2 aromatic rings. The van der Waals surface area contributed by atoms with Crippen molar-refractivity contribution in [3.63, 3.8) is 0 Å². The van der Waals surface area contributed by atoms with E-state index in [1.165, 1.54) is 7.11 Å². The first kappa shape index (κ1) is 26.1. The molecule has 1 heterocycles.